The molecule has 0 bridgehead atoms. The number of thioether (sulfide) groups is 1. The van der Waals surface area contributed by atoms with E-state index in [-0.39, 0.29) is 11.4 Å². The van der Waals surface area contributed by atoms with Crippen molar-refractivity contribution in [1.82, 2.24) is 19.6 Å². The molecule has 0 saturated heterocycles. The minimum Gasteiger partial charge on any atom is -0.291 e. The monoisotopic (exact) mass is 352 g/mol. The van der Waals surface area contributed by atoms with Gasteiger partial charge in [0.25, 0.3) is 5.56 Å². The number of rotatable bonds is 5. The van der Waals surface area contributed by atoms with Gasteiger partial charge in [0.1, 0.15) is 5.82 Å². The summed E-state index contributed by atoms with van der Waals surface area (Å²) in [4.78, 5) is 14.3. The highest BCUT2D eigenvalue weighted by Gasteiger charge is 2.12. The predicted molar refractivity (Wildman–Crippen MR) is 88.6 cm³/mol. The molecule has 0 aliphatic heterocycles. The maximum Gasteiger partial charge on any atom is 0.252 e. The van der Waals surface area contributed by atoms with Gasteiger partial charge >= 0.3 is 0 Å². The summed E-state index contributed by atoms with van der Waals surface area (Å²) >= 11 is 7.28. The lowest BCUT2D eigenvalue weighted by molar-refractivity contribution is 0.626. The van der Waals surface area contributed by atoms with Gasteiger partial charge in [-0.25, -0.2) is 4.39 Å². The van der Waals surface area contributed by atoms with Crippen LogP contribution in [0.2, 0.25) is 5.02 Å². The molecule has 5 nitrogen and oxygen atoms in total. The van der Waals surface area contributed by atoms with E-state index >= 15 is 0 Å². The van der Waals surface area contributed by atoms with Gasteiger partial charge in [0.15, 0.2) is 5.16 Å². The molecular weight excluding hydrogens is 339 g/mol. The highest BCUT2D eigenvalue weighted by Crippen LogP contribution is 2.24. The molecule has 0 unspecified atom stereocenters. The zero-order valence-electron chi connectivity index (χ0n) is 12.3. The van der Waals surface area contributed by atoms with Gasteiger partial charge in [-0.3, -0.25) is 14.2 Å². The Morgan fingerprint density at radius 2 is 2.13 bits per heavy atom. The van der Waals surface area contributed by atoms with Crippen molar-refractivity contribution in [3.63, 3.8) is 0 Å². The molecule has 23 heavy (non-hydrogen) atoms. The Morgan fingerprint density at radius 3 is 2.87 bits per heavy atom. The molecule has 0 amide bonds. The molecule has 2 aromatic heterocycles. The molecule has 1 aromatic carbocycles. The van der Waals surface area contributed by atoms with E-state index in [0.717, 1.165) is 24.1 Å². The van der Waals surface area contributed by atoms with Gasteiger partial charge in [0, 0.05) is 22.5 Å². The van der Waals surface area contributed by atoms with E-state index < -0.39 is 0 Å². The van der Waals surface area contributed by atoms with E-state index in [1.54, 1.807) is 12.1 Å². The van der Waals surface area contributed by atoms with E-state index in [4.69, 9.17) is 11.6 Å². The van der Waals surface area contributed by atoms with Crippen LogP contribution in [0.15, 0.2) is 34.2 Å². The molecule has 0 saturated carbocycles. The smallest absolute Gasteiger partial charge is 0.252 e. The second-order valence-corrected chi connectivity index (χ2v) is 6.46. The topological polar surface area (TPSA) is 63.0 Å². The van der Waals surface area contributed by atoms with Crippen molar-refractivity contribution in [2.45, 2.75) is 30.7 Å². The molecule has 0 spiro atoms. The van der Waals surface area contributed by atoms with Crippen molar-refractivity contribution < 1.29 is 4.39 Å². The third-order valence-corrected chi connectivity index (χ3v) is 4.47. The number of hydrogen-bond acceptors (Lipinski definition) is 4. The SMILES string of the molecule is CCCc1cc(=O)[nH]c2nnc(SCc3cc(F)cc(Cl)c3)n12. The lowest BCUT2D eigenvalue weighted by atomic mass is 10.2. The van der Waals surface area contributed by atoms with Gasteiger partial charge in [-0.2, -0.15) is 0 Å². The summed E-state index contributed by atoms with van der Waals surface area (Å²) in [5.74, 6) is 0.555. The van der Waals surface area contributed by atoms with Gasteiger partial charge in [0.2, 0.25) is 5.78 Å². The molecule has 3 aromatic rings. The van der Waals surface area contributed by atoms with Crippen LogP contribution in [0.4, 0.5) is 4.39 Å². The van der Waals surface area contributed by atoms with Crippen LogP contribution in [0, 0.1) is 5.82 Å². The molecule has 0 fully saturated rings. The first-order chi connectivity index (χ1) is 11.1. The number of nitrogens with one attached hydrogen (secondary N) is 1. The lowest BCUT2D eigenvalue weighted by Crippen LogP contribution is -2.11. The maximum absolute atomic E-state index is 13.4. The molecule has 2 heterocycles. The van der Waals surface area contributed by atoms with Gasteiger partial charge in [0.05, 0.1) is 0 Å². The van der Waals surface area contributed by atoms with Crippen molar-refractivity contribution in [2.24, 2.45) is 0 Å². The summed E-state index contributed by atoms with van der Waals surface area (Å²) < 4.78 is 15.2. The highest BCUT2D eigenvalue weighted by molar-refractivity contribution is 7.98. The third kappa shape index (κ3) is 3.56. The number of H-pyrrole nitrogens is 1. The standard InChI is InChI=1S/C15H14ClFN4OS/c1-2-3-12-7-13(22)18-14-19-20-15(21(12)14)23-8-9-4-10(16)6-11(17)5-9/h4-7H,2-3,8H2,1H3,(H,18,19,22). The van der Waals surface area contributed by atoms with Crippen LogP contribution in [0.3, 0.4) is 0 Å². The van der Waals surface area contributed by atoms with E-state index in [0.29, 0.717) is 21.7 Å². The van der Waals surface area contributed by atoms with Crippen LogP contribution in [-0.2, 0) is 12.2 Å². The zero-order valence-corrected chi connectivity index (χ0v) is 13.9. The predicted octanol–water partition coefficient (Wildman–Crippen LogP) is 3.45. The van der Waals surface area contributed by atoms with E-state index in [2.05, 4.69) is 15.2 Å². The number of nitrogens with zero attached hydrogens (tertiary/aromatic N) is 3. The number of halogens is 2. The zero-order chi connectivity index (χ0) is 16.4. The van der Waals surface area contributed by atoms with Gasteiger partial charge in [-0.15, -0.1) is 10.2 Å². The quantitative estimate of drug-likeness (QED) is 0.714. The maximum atomic E-state index is 13.4. The van der Waals surface area contributed by atoms with Crippen LogP contribution in [0.25, 0.3) is 5.78 Å². The number of aromatic amines is 1. The fourth-order valence-electron chi connectivity index (χ4n) is 2.35. The number of benzene rings is 1. The summed E-state index contributed by atoms with van der Waals surface area (Å²) in [5.41, 5.74) is 1.43. The van der Waals surface area contributed by atoms with Gasteiger partial charge < -0.3 is 0 Å². The van der Waals surface area contributed by atoms with Crippen molar-refractivity contribution in [3.05, 3.63) is 56.7 Å². The number of fused-ring (bicyclic) bond motifs is 1. The number of aromatic nitrogens is 4. The largest absolute Gasteiger partial charge is 0.291 e. The van der Waals surface area contributed by atoms with E-state index in [9.17, 15) is 9.18 Å². The minimum atomic E-state index is -0.366. The lowest BCUT2D eigenvalue weighted by Gasteiger charge is -2.06. The summed E-state index contributed by atoms with van der Waals surface area (Å²) in [7, 11) is 0. The second-order valence-electron chi connectivity index (χ2n) is 5.08. The molecule has 1 N–H and O–H groups in total. The third-order valence-electron chi connectivity index (χ3n) is 3.25. The highest BCUT2D eigenvalue weighted by atomic mass is 35.5. The Morgan fingerprint density at radius 1 is 1.30 bits per heavy atom. The van der Waals surface area contributed by atoms with Crippen molar-refractivity contribution in [1.29, 1.82) is 0 Å². The first kappa shape index (κ1) is 16.0. The number of aryl methyl sites for hydroxylation is 1. The summed E-state index contributed by atoms with van der Waals surface area (Å²) in [5, 5.41) is 9.14. The van der Waals surface area contributed by atoms with Crippen LogP contribution in [0.1, 0.15) is 24.6 Å². The van der Waals surface area contributed by atoms with Crippen molar-refractivity contribution in [2.75, 3.05) is 0 Å². The Balaban J connectivity index is 1.92. The van der Waals surface area contributed by atoms with Crippen LogP contribution in [-0.4, -0.2) is 19.6 Å². The van der Waals surface area contributed by atoms with E-state index in [1.807, 2.05) is 11.3 Å². The Labute approximate surface area is 140 Å². The summed E-state index contributed by atoms with van der Waals surface area (Å²) in [6.45, 7) is 2.04. The Kier molecular flexibility index (Phi) is 4.68. The normalized spacial score (nSPS) is 11.3. The molecule has 0 aliphatic carbocycles. The van der Waals surface area contributed by atoms with E-state index in [1.165, 1.54) is 23.9 Å². The van der Waals surface area contributed by atoms with Crippen LogP contribution < -0.4 is 5.56 Å². The average Bonchev–Trinajstić information content (AvgIpc) is 2.87. The first-order valence-electron chi connectivity index (χ1n) is 7.12. The fourth-order valence-corrected chi connectivity index (χ4v) is 3.49. The van der Waals surface area contributed by atoms with Crippen LogP contribution in [0.5, 0.6) is 0 Å². The summed E-state index contributed by atoms with van der Waals surface area (Å²) in [6, 6.07) is 5.99. The minimum absolute atomic E-state index is 0.193. The molecule has 120 valence electrons. The van der Waals surface area contributed by atoms with Gasteiger partial charge in [-0.1, -0.05) is 36.7 Å². The number of hydrogen-bond donors (Lipinski definition) is 1. The molecule has 3 rings (SSSR count). The van der Waals surface area contributed by atoms with Crippen molar-refractivity contribution in [3.8, 4) is 0 Å². The first-order valence-corrected chi connectivity index (χ1v) is 8.48. The molecule has 0 radical (unpaired) electrons. The second kappa shape index (κ2) is 6.72. The molecule has 0 aliphatic rings. The molecular formula is C15H14ClFN4OS. The molecule has 8 heteroatoms. The fraction of sp³-hybridized carbons (Fsp3) is 0.267. The Hall–Kier alpha value is -1.86. The molecule has 0 atom stereocenters. The summed E-state index contributed by atoms with van der Waals surface area (Å²) in [6.07, 6.45) is 1.65. The Bertz CT molecular complexity index is 888. The van der Waals surface area contributed by atoms with Gasteiger partial charge in [-0.05, 0) is 30.2 Å². The van der Waals surface area contributed by atoms with Crippen LogP contribution >= 0.6 is 23.4 Å². The van der Waals surface area contributed by atoms with Crippen molar-refractivity contribution >= 4 is 29.1 Å². The average molecular weight is 353 g/mol.